The zero-order chi connectivity index (χ0) is 31.3. The summed E-state index contributed by atoms with van der Waals surface area (Å²) in [6.45, 7) is 0.0745. The van der Waals surface area contributed by atoms with Crippen LogP contribution in [-0.4, -0.2) is 60.1 Å². The lowest BCUT2D eigenvalue weighted by Crippen LogP contribution is -2.50. The fourth-order valence-electron chi connectivity index (χ4n) is 6.40. The van der Waals surface area contributed by atoms with Crippen LogP contribution in [0.3, 0.4) is 0 Å². The summed E-state index contributed by atoms with van der Waals surface area (Å²) in [7, 11) is 1.74. The number of nitrogens with two attached hydrogens (primary N) is 1. The van der Waals surface area contributed by atoms with Gasteiger partial charge in [0.15, 0.2) is 5.52 Å². The van der Waals surface area contributed by atoms with Crippen LogP contribution in [0.25, 0.3) is 22.3 Å². The molecular formula is C32H35F3N6O3. The number of aromatic nitrogens is 4. The fourth-order valence-corrected chi connectivity index (χ4v) is 6.40. The summed E-state index contributed by atoms with van der Waals surface area (Å²) >= 11 is 0. The molecule has 0 radical (unpaired) electrons. The van der Waals surface area contributed by atoms with Crippen LogP contribution < -0.4 is 11.3 Å². The molecule has 6 rings (SSSR count). The Morgan fingerprint density at radius 1 is 1.02 bits per heavy atom. The number of halogens is 3. The van der Waals surface area contributed by atoms with Gasteiger partial charge in [-0.2, -0.15) is 18.3 Å². The first-order chi connectivity index (χ1) is 20.9. The van der Waals surface area contributed by atoms with Gasteiger partial charge in [0.25, 0.3) is 5.56 Å². The number of fused-ring (bicyclic) bond motifs is 1. The molecule has 1 atom stereocenters. The second-order valence-corrected chi connectivity index (χ2v) is 12.2. The lowest BCUT2D eigenvalue weighted by atomic mass is 9.72. The summed E-state index contributed by atoms with van der Waals surface area (Å²) in [5, 5.41) is 15.8. The minimum atomic E-state index is -4.57. The predicted octanol–water partition coefficient (Wildman–Crippen LogP) is 4.22. The van der Waals surface area contributed by atoms with E-state index in [-0.39, 0.29) is 49.1 Å². The van der Waals surface area contributed by atoms with E-state index in [9.17, 15) is 27.9 Å². The summed E-state index contributed by atoms with van der Waals surface area (Å²) in [6.07, 6.45) is -0.658. The molecule has 4 aromatic rings. The summed E-state index contributed by atoms with van der Waals surface area (Å²) in [6, 6.07) is 15.3. The Balaban J connectivity index is 1.15. The van der Waals surface area contributed by atoms with Gasteiger partial charge in [0.1, 0.15) is 5.52 Å². The monoisotopic (exact) mass is 608 g/mol. The Morgan fingerprint density at radius 2 is 1.68 bits per heavy atom. The van der Waals surface area contributed by atoms with Gasteiger partial charge in [-0.05, 0) is 43.2 Å². The predicted molar refractivity (Wildman–Crippen MR) is 159 cm³/mol. The molecule has 3 N–H and O–H groups in total. The zero-order valence-corrected chi connectivity index (χ0v) is 24.4. The van der Waals surface area contributed by atoms with E-state index in [1.54, 1.807) is 17.8 Å². The fraction of sp³-hybridized carbons (Fsp3) is 0.438. The van der Waals surface area contributed by atoms with Crippen LogP contribution in [0.4, 0.5) is 13.2 Å². The molecule has 9 nitrogen and oxygen atoms in total. The van der Waals surface area contributed by atoms with E-state index in [1.165, 1.54) is 40.1 Å². The molecule has 2 aliphatic rings. The number of rotatable bonds is 7. The second kappa shape index (κ2) is 11.2. The Labute approximate surface area is 252 Å². The molecule has 232 valence electrons. The maximum atomic E-state index is 13.8. The smallest absolute Gasteiger partial charge is 0.388 e. The lowest BCUT2D eigenvalue weighted by Gasteiger charge is -2.39. The minimum Gasteiger partial charge on any atom is -0.388 e. The molecule has 2 aromatic carbocycles. The van der Waals surface area contributed by atoms with Gasteiger partial charge >= 0.3 is 6.18 Å². The molecule has 1 aliphatic heterocycles. The van der Waals surface area contributed by atoms with Gasteiger partial charge in [0, 0.05) is 37.7 Å². The van der Waals surface area contributed by atoms with Crippen LogP contribution in [0.15, 0.2) is 65.7 Å². The topological polar surface area (TPSA) is 119 Å². The molecule has 44 heavy (non-hydrogen) atoms. The van der Waals surface area contributed by atoms with Crippen molar-refractivity contribution in [3.8, 4) is 11.3 Å². The average Bonchev–Trinajstić information content (AvgIpc) is 3.32. The number of hydrogen-bond acceptors (Lipinski definition) is 6. The number of amides is 1. The standard InChI is InChI=1S/C32H35F3N6O3/c1-39-28(22-8-10-23(11-9-22)31(36)12-5-13-31)26-27(38-39)29(43)41(20-37-26)19-30(44)14-16-40(17-15-30)25(42)18-24(32(33,34)35)21-6-3-2-4-7-21/h2-4,6-11,20,24,44H,5,12-19,36H2,1H3/t24-/m1/s1. The van der Waals surface area contributed by atoms with Crippen LogP contribution in [0.5, 0.6) is 0 Å². The maximum absolute atomic E-state index is 13.8. The Kier molecular flexibility index (Phi) is 7.61. The van der Waals surface area contributed by atoms with Crippen molar-refractivity contribution in [1.82, 2.24) is 24.2 Å². The third-order valence-corrected chi connectivity index (χ3v) is 9.28. The van der Waals surface area contributed by atoms with Gasteiger partial charge in [0.05, 0.1) is 30.1 Å². The van der Waals surface area contributed by atoms with E-state index >= 15 is 0 Å². The largest absolute Gasteiger partial charge is 0.396 e. The zero-order valence-electron chi connectivity index (χ0n) is 24.4. The van der Waals surface area contributed by atoms with Crippen molar-refractivity contribution in [1.29, 1.82) is 0 Å². The number of nitrogens with zero attached hydrogens (tertiary/aromatic N) is 5. The molecule has 1 saturated heterocycles. The molecule has 2 fully saturated rings. The van der Waals surface area contributed by atoms with Crippen molar-refractivity contribution in [2.24, 2.45) is 12.8 Å². The van der Waals surface area contributed by atoms with Gasteiger partial charge in [-0.1, -0.05) is 54.6 Å². The molecule has 1 amide bonds. The van der Waals surface area contributed by atoms with E-state index in [1.807, 2.05) is 24.3 Å². The molecule has 1 aliphatic carbocycles. The summed E-state index contributed by atoms with van der Waals surface area (Å²) in [4.78, 5) is 32.2. The highest BCUT2D eigenvalue weighted by Gasteiger charge is 2.43. The van der Waals surface area contributed by atoms with Gasteiger partial charge in [-0.25, -0.2) is 4.98 Å². The van der Waals surface area contributed by atoms with Crippen LogP contribution in [0.1, 0.15) is 55.6 Å². The Morgan fingerprint density at radius 3 is 2.27 bits per heavy atom. The summed E-state index contributed by atoms with van der Waals surface area (Å²) in [5.41, 5.74) is 7.69. The highest BCUT2D eigenvalue weighted by molar-refractivity contribution is 5.89. The average molecular weight is 609 g/mol. The second-order valence-electron chi connectivity index (χ2n) is 12.2. The molecular weight excluding hydrogens is 573 g/mol. The maximum Gasteiger partial charge on any atom is 0.396 e. The number of alkyl halides is 3. The van der Waals surface area contributed by atoms with Crippen molar-refractivity contribution in [3.05, 3.63) is 82.4 Å². The molecule has 1 saturated carbocycles. The van der Waals surface area contributed by atoms with Crippen molar-refractivity contribution in [2.75, 3.05) is 13.1 Å². The van der Waals surface area contributed by atoms with E-state index in [4.69, 9.17) is 5.73 Å². The van der Waals surface area contributed by atoms with Crippen molar-refractivity contribution in [2.45, 2.75) is 68.3 Å². The molecule has 2 aromatic heterocycles. The van der Waals surface area contributed by atoms with Crippen LogP contribution in [0, 0.1) is 0 Å². The number of carbonyl (C=O) groups is 1. The number of piperidine rings is 1. The SMILES string of the molecule is Cn1nc2c(=O)n(CC3(O)CCN(C(=O)C[C@H](c4ccccc4)C(F)(F)F)CC3)cnc2c1-c1ccc(C2(N)CCC2)cc1. The first kappa shape index (κ1) is 30.0. The number of aliphatic hydroxyl groups is 1. The highest BCUT2D eigenvalue weighted by Crippen LogP contribution is 2.40. The highest BCUT2D eigenvalue weighted by atomic mass is 19.4. The van der Waals surface area contributed by atoms with E-state index in [2.05, 4.69) is 10.1 Å². The van der Waals surface area contributed by atoms with Gasteiger partial charge < -0.3 is 15.7 Å². The molecule has 3 heterocycles. The number of carbonyl (C=O) groups excluding carboxylic acids is 1. The summed E-state index contributed by atoms with van der Waals surface area (Å²) in [5.74, 6) is -2.53. The van der Waals surface area contributed by atoms with Crippen LogP contribution in [0.2, 0.25) is 0 Å². The third-order valence-electron chi connectivity index (χ3n) is 9.28. The number of benzene rings is 2. The summed E-state index contributed by atoms with van der Waals surface area (Å²) < 4.78 is 44.3. The molecule has 0 spiro atoms. The number of aryl methyl sites for hydroxylation is 1. The van der Waals surface area contributed by atoms with E-state index < -0.39 is 35.6 Å². The molecule has 0 unspecified atom stereocenters. The van der Waals surface area contributed by atoms with Gasteiger partial charge in [-0.3, -0.25) is 18.8 Å². The Hall–Kier alpha value is -4.03. The first-order valence-corrected chi connectivity index (χ1v) is 14.8. The Bertz CT molecular complexity index is 1720. The van der Waals surface area contributed by atoms with Crippen molar-refractivity contribution >= 4 is 16.9 Å². The van der Waals surface area contributed by atoms with Crippen molar-refractivity contribution < 1.29 is 23.1 Å². The van der Waals surface area contributed by atoms with E-state index in [0.717, 1.165) is 30.4 Å². The third kappa shape index (κ3) is 5.63. The van der Waals surface area contributed by atoms with Crippen molar-refractivity contribution in [3.63, 3.8) is 0 Å². The van der Waals surface area contributed by atoms with E-state index in [0.29, 0.717) is 11.2 Å². The molecule has 12 heteroatoms. The molecule has 0 bridgehead atoms. The quantitative estimate of drug-likeness (QED) is 0.324. The van der Waals surface area contributed by atoms with Gasteiger partial charge in [-0.15, -0.1) is 0 Å². The van der Waals surface area contributed by atoms with Crippen LogP contribution >= 0.6 is 0 Å². The van der Waals surface area contributed by atoms with Gasteiger partial charge in [0.2, 0.25) is 5.91 Å². The first-order valence-electron chi connectivity index (χ1n) is 14.8. The normalized spacial score (nSPS) is 18.6. The minimum absolute atomic E-state index is 0.0384. The van der Waals surface area contributed by atoms with Crippen LogP contribution in [-0.2, 0) is 23.9 Å². The number of likely N-dealkylation sites (tertiary alicyclic amines) is 1. The lowest BCUT2D eigenvalue weighted by molar-refractivity contribution is -0.162. The number of hydrogen-bond donors (Lipinski definition) is 2.